The lowest BCUT2D eigenvalue weighted by atomic mass is 9.97. The van der Waals surface area contributed by atoms with Crippen molar-refractivity contribution in [3.05, 3.63) is 35.9 Å². The molecule has 0 aromatic heterocycles. The summed E-state index contributed by atoms with van der Waals surface area (Å²) >= 11 is 4.42. The van der Waals surface area contributed by atoms with Crippen LogP contribution in [-0.4, -0.2) is 35.1 Å². The molecule has 4 nitrogen and oxygen atoms in total. The molecule has 1 fully saturated rings. The summed E-state index contributed by atoms with van der Waals surface area (Å²) in [5.41, 5.74) is 6.42. The van der Waals surface area contributed by atoms with E-state index in [9.17, 15) is 9.59 Å². The number of amides is 2. The fourth-order valence-electron chi connectivity index (χ4n) is 2.54. The highest BCUT2D eigenvalue weighted by atomic mass is 32.1. The Hall–Kier alpha value is -1.49. The monoisotopic (exact) mass is 292 g/mol. The van der Waals surface area contributed by atoms with Gasteiger partial charge in [-0.15, -0.1) is 0 Å². The van der Waals surface area contributed by atoms with Gasteiger partial charge in [-0.25, -0.2) is 0 Å². The van der Waals surface area contributed by atoms with E-state index in [4.69, 9.17) is 5.73 Å². The van der Waals surface area contributed by atoms with E-state index in [-0.39, 0.29) is 23.0 Å². The summed E-state index contributed by atoms with van der Waals surface area (Å²) in [5.74, 6) is -0.547. The van der Waals surface area contributed by atoms with Crippen LogP contribution in [0.2, 0.25) is 0 Å². The topological polar surface area (TPSA) is 63.4 Å². The lowest BCUT2D eigenvalue weighted by molar-refractivity contribution is -0.134. The molecule has 2 amide bonds. The van der Waals surface area contributed by atoms with E-state index in [1.807, 2.05) is 30.3 Å². The zero-order valence-corrected chi connectivity index (χ0v) is 12.3. The van der Waals surface area contributed by atoms with Crippen molar-refractivity contribution < 1.29 is 9.59 Å². The Balaban J connectivity index is 1.94. The summed E-state index contributed by atoms with van der Waals surface area (Å²) in [6, 6.07) is 9.81. The molecule has 1 aliphatic heterocycles. The lowest BCUT2D eigenvalue weighted by Gasteiger charge is -2.32. The first-order valence-electron chi connectivity index (χ1n) is 6.88. The molecule has 108 valence electrons. The second kappa shape index (κ2) is 6.79. The number of likely N-dealkylation sites (tertiary alicyclic amines) is 1. The average molecular weight is 292 g/mol. The predicted octanol–water partition coefficient (Wildman–Crippen LogP) is 1.25. The third-order valence-electron chi connectivity index (χ3n) is 3.69. The third-order valence-corrected chi connectivity index (χ3v) is 4.10. The molecule has 0 saturated carbocycles. The second-order valence-electron chi connectivity index (χ2n) is 5.23. The van der Waals surface area contributed by atoms with Gasteiger partial charge >= 0.3 is 0 Å². The van der Waals surface area contributed by atoms with Crippen molar-refractivity contribution in [3.8, 4) is 0 Å². The van der Waals surface area contributed by atoms with Crippen LogP contribution in [0.3, 0.4) is 0 Å². The first kappa shape index (κ1) is 14.9. The standard InChI is InChI=1S/C15H20N2O2S/c16-14(18)12-7-4-8-17(10-12)15(19)13(20)9-11-5-2-1-3-6-11/h1-3,5-6,12-13,20H,4,7-10H2,(H2,16,18). The molecule has 0 bridgehead atoms. The quantitative estimate of drug-likeness (QED) is 0.820. The van der Waals surface area contributed by atoms with E-state index in [0.29, 0.717) is 19.5 Å². The zero-order chi connectivity index (χ0) is 14.5. The minimum Gasteiger partial charge on any atom is -0.369 e. The van der Waals surface area contributed by atoms with Crippen molar-refractivity contribution in [1.82, 2.24) is 4.90 Å². The number of nitrogens with two attached hydrogens (primary N) is 1. The van der Waals surface area contributed by atoms with Gasteiger partial charge in [-0.1, -0.05) is 30.3 Å². The van der Waals surface area contributed by atoms with Gasteiger partial charge in [0.25, 0.3) is 0 Å². The van der Waals surface area contributed by atoms with Crippen molar-refractivity contribution in [2.24, 2.45) is 11.7 Å². The number of nitrogens with zero attached hydrogens (tertiary/aromatic N) is 1. The molecule has 1 heterocycles. The van der Waals surface area contributed by atoms with Crippen LogP contribution < -0.4 is 5.73 Å². The Morgan fingerprint density at radius 3 is 2.70 bits per heavy atom. The van der Waals surface area contributed by atoms with Gasteiger partial charge in [-0.3, -0.25) is 9.59 Å². The van der Waals surface area contributed by atoms with Crippen molar-refractivity contribution in [1.29, 1.82) is 0 Å². The number of hydrogen-bond donors (Lipinski definition) is 2. The van der Waals surface area contributed by atoms with E-state index in [1.165, 1.54) is 0 Å². The number of hydrogen-bond acceptors (Lipinski definition) is 3. The van der Waals surface area contributed by atoms with Crippen LogP contribution in [0.1, 0.15) is 18.4 Å². The second-order valence-corrected chi connectivity index (χ2v) is 5.85. The molecule has 5 heteroatoms. The Bertz CT molecular complexity index is 478. The normalized spacial score (nSPS) is 20.4. The van der Waals surface area contributed by atoms with Crippen LogP contribution in [0.15, 0.2) is 30.3 Å². The Morgan fingerprint density at radius 1 is 1.35 bits per heavy atom. The van der Waals surface area contributed by atoms with E-state index < -0.39 is 0 Å². The smallest absolute Gasteiger partial charge is 0.235 e. The molecule has 0 radical (unpaired) electrons. The molecule has 1 aromatic rings. The fourth-order valence-corrected chi connectivity index (χ4v) is 2.92. The van der Waals surface area contributed by atoms with E-state index in [1.54, 1.807) is 4.90 Å². The van der Waals surface area contributed by atoms with Crippen LogP contribution in [-0.2, 0) is 16.0 Å². The molecule has 2 rings (SSSR count). The molecular formula is C15H20N2O2S. The summed E-state index contributed by atoms with van der Waals surface area (Å²) < 4.78 is 0. The van der Waals surface area contributed by atoms with Crippen LogP contribution in [0.5, 0.6) is 0 Å². The van der Waals surface area contributed by atoms with Crippen molar-refractivity contribution >= 4 is 24.4 Å². The largest absolute Gasteiger partial charge is 0.369 e. The van der Waals surface area contributed by atoms with Crippen molar-refractivity contribution in [3.63, 3.8) is 0 Å². The van der Waals surface area contributed by atoms with Gasteiger partial charge in [-0.05, 0) is 24.8 Å². The SMILES string of the molecule is NC(=O)C1CCCN(C(=O)C(S)Cc2ccccc2)C1. The lowest BCUT2D eigenvalue weighted by Crippen LogP contribution is -2.47. The van der Waals surface area contributed by atoms with Gasteiger partial charge < -0.3 is 10.6 Å². The maximum absolute atomic E-state index is 12.4. The highest BCUT2D eigenvalue weighted by Crippen LogP contribution is 2.19. The molecule has 20 heavy (non-hydrogen) atoms. The summed E-state index contributed by atoms with van der Waals surface area (Å²) in [6.07, 6.45) is 2.20. The number of benzene rings is 1. The predicted molar refractivity (Wildman–Crippen MR) is 81.4 cm³/mol. The number of thiol groups is 1. The third kappa shape index (κ3) is 3.76. The minimum absolute atomic E-state index is 0.0110. The Labute approximate surface area is 124 Å². The molecule has 0 aliphatic carbocycles. The molecule has 2 unspecified atom stereocenters. The zero-order valence-electron chi connectivity index (χ0n) is 11.4. The number of primary amides is 1. The number of carbonyl (C=O) groups is 2. The fraction of sp³-hybridized carbons (Fsp3) is 0.467. The summed E-state index contributed by atoms with van der Waals surface area (Å²) in [6.45, 7) is 1.12. The first-order chi connectivity index (χ1) is 9.58. The average Bonchev–Trinajstić information content (AvgIpc) is 2.47. The van der Waals surface area contributed by atoms with Gasteiger partial charge in [0.15, 0.2) is 0 Å². The minimum atomic E-state index is -0.371. The van der Waals surface area contributed by atoms with Crippen LogP contribution in [0.25, 0.3) is 0 Å². The number of piperidine rings is 1. The highest BCUT2D eigenvalue weighted by molar-refractivity contribution is 7.81. The van der Waals surface area contributed by atoms with Gasteiger partial charge in [0.1, 0.15) is 0 Å². The number of rotatable bonds is 4. The molecule has 1 saturated heterocycles. The van der Waals surface area contributed by atoms with Crippen molar-refractivity contribution in [2.45, 2.75) is 24.5 Å². The van der Waals surface area contributed by atoms with Gasteiger partial charge in [0, 0.05) is 13.1 Å². The summed E-state index contributed by atoms with van der Waals surface area (Å²) in [4.78, 5) is 25.3. The summed E-state index contributed by atoms with van der Waals surface area (Å²) in [7, 11) is 0. The molecule has 2 atom stereocenters. The first-order valence-corrected chi connectivity index (χ1v) is 7.39. The Morgan fingerprint density at radius 2 is 2.05 bits per heavy atom. The maximum atomic E-state index is 12.4. The number of carbonyl (C=O) groups excluding carboxylic acids is 2. The highest BCUT2D eigenvalue weighted by Gasteiger charge is 2.29. The van der Waals surface area contributed by atoms with E-state index >= 15 is 0 Å². The van der Waals surface area contributed by atoms with Crippen LogP contribution in [0.4, 0.5) is 0 Å². The molecule has 2 N–H and O–H groups in total. The van der Waals surface area contributed by atoms with Crippen LogP contribution in [0, 0.1) is 5.92 Å². The molecule has 1 aromatic carbocycles. The van der Waals surface area contributed by atoms with Gasteiger partial charge in [0.05, 0.1) is 11.2 Å². The summed E-state index contributed by atoms with van der Waals surface area (Å²) in [5, 5.41) is -0.371. The van der Waals surface area contributed by atoms with E-state index in [2.05, 4.69) is 12.6 Å². The van der Waals surface area contributed by atoms with Crippen molar-refractivity contribution in [2.75, 3.05) is 13.1 Å². The maximum Gasteiger partial charge on any atom is 0.235 e. The molecule has 1 aliphatic rings. The van der Waals surface area contributed by atoms with E-state index in [0.717, 1.165) is 18.4 Å². The molecular weight excluding hydrogens is 272 g/mol. The van der Waals surface area contributed by atoms with Gasteiger partial charge in [-0.2, -0.15) is 12.6 Å². The Kier molecular flexibility index (Phi) is 5.06. The molecule has 0 spiro atoms. The van der Waals surface area contributed by atoms with Crippen LogP contribution >= 0.6 is 12.6 Å². The van der Waals surface area contributed by atoms with Gasteiger partial charge in [0.2, 0.25) is 11.8 Å².